The van der Waals surface area contributed by atoms with E-state index in [9.17, 15) is 9.90 Å². The molecule has 8 nitrogen and oxygen atoms in total. The van der Waals surface area contributed by atoms with Crippen LogP contribution in [0.3, 0.4) is 0 Å². The van der Waals surface area contributed by atoms with E-state index in [-0.39, 0.29) is 24.9 Å². The van der Waals surface area contributed by atoms with Crippen LogP contribution in [0.2, 0.25) is 0 Å². The highest BCUT2D eigenvalue weighted by atomic mass is 16.7. The Morgan fingerprint density at radius 1 is 1.59 bits per heavy atom. The molecule has 0 unspecified atom stereocenters. The van der Waals surface area contributed by atoms with Crippen LogP contribution in [0.25, 0.3) is 0 Å². The number of likely N-dealkylation sites (tertiary alicyclic amines) is 1. The number of oxime groups is 1. The molecule has 0 aliphatic carbocycles. The number of nitrogens with one attached hydrogen (secondary N) is 1. The Morgan fingerprint density at radius 3 is 2.95 bits per heavy atom. The van der Waals surface area contributed by atoms with Crippen molar-refractivity contribution in [3.05, 3.63) is 17.5 Å². The standard InChI is InChI=1S/C14H20N4O4/c1-8-4-10(21-16-8)6-12(20)18-7-9(19)5-11(18)13-15-14(2,3)22-17-13/h4,9,11,19H,5-7H2,1-3H3,(H,15,17)/t9-,11+/m1/s1. The molecule has 1 saturated heterocycles. The smallest absolute Gasteiger partial charge is 0.231 e. The molecule has 2 aliphatic rings. The normalized spacial score (nSPS) is 26.5. The first-order valence-electron chi connectivity index (χ1n) is 7.28. The number of β-amino-alcohol motifs (C(OH)–C–C–N with tert-alkyl or cyclic N) is 1. The van der Waals surface area contributed by atoms with Gasteiger partial charge in [0.2, 0.25) is 11.6 Å². The average molecular weight is 308 g/mol. The predicted octanol–water partition coefficient (Wildman–Crippen LogP) is 0.157. The molecule has 1 fully saturated rings. The zero-order chi connectivity index (χ0) is 15.9. The van der Waals surface area contributed by atoms with E-state index in [1.54, 1.807) is 17.9 Å². The third-order valence-electron chi connectivity index (χ3n) is 3.72. The van der Waals surface area contributed by atoms with Gasteiger partial charge in [-0.2, -0.15) is 0 Å². The van der Waals surface area contributed by atoms with E-state index < -0.39 is 11.8 Å². The van der Waals surface area contributed by atoms with Gasteiger partial charge in [-0.05, 0) is 20.8 Å². The summed E-state index contributed by atoms with van der Waals surface area (Å²) in [6, 6.07) is 1.42. The summed E-state index contributed by atoms with van der Waals surface area (Å²) in [6.07, 6.45) is -0.0211. The van der Waals surface area contributed by atoms with E-state index >= 15 is 0 Å². The number of aromatic nitrogens is 1. The fourth-order valence-corrected chi connectivity index (χ4v) is 2.76. The van der Waals surface area contributed by atoms with Crippen LogP contribution in [-0.2, 0) is 16.1 Å². The summed E-state index contributed by atoms with van der Waals surface area (Å²) in [5.74, 6) is 0.955. The van der Waals surface area contributed by atoms with Crippen molar-refractivity contribution >= 4 is 11.7 Å². The second-order valence-corrected chi connectivity index (χ2v) is 6.27. The first-order chi connectivity index (χ1) is 10.3. The molecule has 0 radical (unpaired) electrons. The van der Waals surface area contributed by atoms with Gasteiger partial charge in [-0.1, -0.05) is 10.3 Å². The fraction of sp³-hybridized carbons (Fsp3) is 0.643. The van der Waals surface area contributed by atoms with Crippen molar-refractivity contribution in [1.82, 2.24) is 15.4 Å². The third-order valence-corrected chi connectivity index (χ3v) is 3.72. The van der Waals surface area contributed by atoms with Gasteiger partial charge in [0, 0.05) is 19.0 Å². The van der Waals surface area contributed by atoms with Crippen molar-refractivity contribution in [3.8, 4) is 0 Å². The molecule has 120 valence electrons. The molecule has 2 aliphatic heterocycles. The molecule has 1 aromatic rings. The molecule has 1 aromatic heterocycles. The Bertz CT molecular complexity index is 610. The fourth-order valence-electron chi connectivity index (χ4n) is 2.76. The largest absolute Gasteiger partial charge is 0.391 e. The van der Waals surface area contributed by atoms with Crippen LogP contribution in [0.5, 0.6) is 0 Å². The summed E-state index contributed by atoms with van der Waals surface area (Å²) in [6.45, 7) is 5.77. The molecule has 3 heterocycles. The summed E-state index contributed by atoms with van der Waals surface area (Å²) in [5.41, 5.74) is 0.136. The molecule has 8 heteroatoms. The summed E-state index contributed by atoms with van der Waals surface area (Å²) in [5, 5.41) is 20.8. The molecule has 3 rings (SSSR count). The molecule has 0 bridgehead atoms. The summed E-state index contributed by atoms with van der Waals surface area (Å²) < 4.78 is 5.08. The highest BCUT2D eigenvalue weighted by Gasteiger charge is 2.42. The number of rotatable bonds is 3. The van der Waals surface area contributed by atoms with E-state index in [0.717, 1.165) is 5.69 Å². The van der Waals surface area contributed by atoms with Crippen molar-refractivity contribution < 1.29 is 19.3 Å². The van der Waals surface area contributed by atoms with Gasteiger partial charge in [0.25, 0.3) is 0 Å². The minimum atomic E-state index is -0.598. The zero-order valence-electron chi connectivity index (χ0n) is 12.9. The average Bonchev–Trinajstić information content (AvgIpc) is 3.09. The van der Waals surface area contributed by atoms with Gasteiger partial charge in [-0.15, -0.1) is 0 Å². The van der Waals surface area contributed by atoms with Gasteiger partial charge in [-0.3, -0.25) is 4.79 Å². The van der Waals surface area contributed by atoms with E-state index in [0.29, 0.717) is 18.0 Å². The Labute approximate surface area is 128 Å². The lowest BCUT2D eigenvalue weighted by atomic mass is 10.1. The molecule has 1 amide bonds. The van der Waals surface area contributed by atoms with Gasteiger partial charge in [-0.25, -0.2) is 0 Å². The van der Waals surface area contributed by atoms with Crippen molar-refractivity contribution in [3.63, 3.8) is 0 Å². The van der Waals surface area contributed by atoms with Crippen molar-refractivity contribution in [2.24, 2.45) is 5.16 Å². The zero-order valence-corrected chi connectivity index (χ0v) is 12.9. The molecule has 0 saturated carbocycles. The third kappa shape index (κ3) is 2.92. The number of hydrogen-bond donors (Lipinski definition) is 2. The van der Waals surface area contributed by atoms with Crippen molar-refractivity contribution in [1.29, 1.82) is 0 Å². The topological polar surface area (TPSA) is 100 Å². The van der Waals surface area contributed by atoms with Gasteiger partial charge in [0.15, 0.2) is 5.84 Å². The summed E-state index contributed by atoms with van der Waals surface area (Å²) in [7, 11) is 0. The van der Waals surface area contributed by atoms with Gasteiger partial charge in [0.1, 0.15) is 5.76 Å². The lowest BCUT2D eigenvalue weighted by Gasteiger charge is -2.25. The first-order valence-corrected chi connectivity index (χ1v) is 7.28. The Kier molecular flexibility index (Phi) is 3.56. The Balaban J connectivity index is 1.72. The van der Waals surface area contributed by atoms with Crippen LogP contribution >= 0.6 is 0 Å². The van der Waals surface area contributed by atoms with E-state index in [4.69, 9.17) is 9.36 Å². The Hall–Kier alpha value is -2.09. The van der Waals surface area contributed by atoms with E-state index in [2.05, 4.69) is 15.6 Å². The number of nitrogens with zero attached hydrogens (tertiary/aromatic N) is 3. The highest BCUT2D eigenvalue weighted by Crippen LogP contribution is 2.24. The summed E-state index contributed by atoms with van der Waals surface area (Å²) >= 11 is 0. The lowest BCUT2D eigenvalue weighted by Crippen LogP contribution is -2.49. The van der Waals surface area contributed by atoms with E-state index in [1.165, 1.54) is 0 Å². The van der Waals surface area contributed by atoms with Crippen molar-refractivity contribution in [2.75, 3.05) is 6.54 Å². The van der Waals surface area contributed by atoms with Crippen LogP contribution in [-0.4, -0.2) is 51.3 Å². The maximum atomic E-state index is 12.5. The predicted molar refractivity (Wildman–Crippen MR) is 76.8 cm³/mol. The quantitative estimate of drug-likeness (QED) is 0.825. The molecular weight excluding hydrogens is 288 g/mol. The highest BCUT2D eigenvalue weighted by molar-refractivity contribution is 5.93. The van der Waals surface area contributed by atoms with Crippen molar-refractivity contribution in [2.45, 2.75) is 51.5 Å². The lowest BCUT2D eigenvalue weighted by molar-refractivity contribution is -0.131. The molecule has 0 aromatic carbocycles. The van der Waals surface area contributed by atoms with Crippen LogP contribution in [0, 0.1) is 6.92 Å². The number of carbonyl (C=O) groups excluding carboxylic acids is 1. The SMILES string of the molecule is Cc1cc(CC(=O)N2C[C@H](O)C[C@H]2C2=NOC(C)(C)N2)on1. The van der Waals surface area contributed by atoms with Crippen LogP contribution < -0.4 is 5.32 Å². The molecule has 22 heavy (non-hydrogen) atoms. The molecule has 2 N–H and O–H groups in total. The van der Waals surface area contributed by atoms with Crippen LogP contribution in [0.4, 0.5) is 0 Å². The number of aliphatic hydroxyl groups is 1. The first kappa shape index (κ1) is 14.8. The van der Waals surface area contributed by atoms with E-state index in [1.807, 2.05) is 13.8 Å². The Morgan fingerprint density at radius 2 is 2.36 bits per heavy atom. The second-order valence-electron chi connectivity index (χ2n) is 6.27. The number of amidine groups is 1. The minimum absolute atomic E-state index is 0.113. The number of carbonyl (C=O) groups is 1. The van der Waals surface area contributed by atoms with Gasteiger partial charge < -0.3 is 24.7 Å². The van der Waals surface area contributed by atoms with Gasteiger partial charge >= 0.3 is 0 Å². The minimum Gasteiger partial charge on any atom is -0.391 e. The van der Waals surface area contributed by atoms with Crippen LogP contribution in [0.15, 0.2) is 15.7 Å². The monoisotopic (exact) mass is 308 g/mol. The number of hydrogen-bond acceptors (Lipinski definition) is 7. The molecular formula is C14H20N4O4. The molecule has 2 atom stereocenters. The number of aliphatic hydroxyl groups excluding tert-OH is 1. The summed E-state index contributed by atoms with van der Waals surface area (Å²) in [4.78, 5) is 19.4. The second kappa shape index (κ2) is 5.28. The van der Waals surface area contributed by atoms with Gasteiger partial charge in [0.05, 0.1) is 24.3 Å². The maximum absolute atomic E-state index is 12.5. The number of aryl methyl sites for hydroxylation is 1. The molecule has 0 spiro atoms. The van der Waals surface area contributed by atoms with Crippen LogP contribution in [0.1, 0.15) is 31.7 Å². The number of amides is 1. The maximum Gasteiger partial charge on any atom is 0.231 e.